The molecule has 1 amide bonds. The lowest BCUT2D eigenvalue weighted by atomic mass is 9.98. The molecule has 0 bridgehead atoms. The minimum Gasteiger partial charge on any atom is -0.336 e. The molecule has 134 valence electrons. The lowest BCUT2D eigenvalue weighted by Gasteiger charge is -2.21. The van der Waals surface area contributed by atoms with Gasteiger partial charge in [-0.3, -0.25) is 14.7 Å². The average Bonchev–Trinajstić information content (AvgIpc) is 2.94. The van der Waals surface area contributed by atoms with Crippen LogP contribution in [0.3, 0.4) is 0 Å². The molecule has 0 atom stereocenters. The van der Waals surface area contributed by atoms with Gasteiger partial charge in [-0.25, -0.2) is 4.98 Å². The lowest BCUT2D eigenvalue weighted by molar-refractivity contribution is 0.0755. The summed E-state index contributed by atoms with van der Waals surface area (Å²) in [7, 11) is 0. The van der Waals surface area contributed by atoms with E-state index >= 15 is 0 Å². The number of amides is 1. The Hall–Kier alpha value is -1.79. The maximum absolute atomic E-state index is 12.6. The van der Waals surface area contributed by atoms with Crippen LogP contribution < -0.4 is 0 Å². The van der Waals surface area contributed by atoms with Crippen molar-refractivity contribution in [2.24, 2.45) is 0 Å². The fourth-order valence-electron chi connectivity index (χ4n) is 2.94. The van der Waals surface area contributed by atoms with Gasteiger partial charge in [-0.1, -0.05) is 26.8 Å². The zero-order valence-electron chi connectivity index (χ0n) is 15.2. The molecule has 0 spiro atoms. The average molecular weight is 359 g/mol. The number of aromatic nitrogens is 2. The fraction of sp³-hybridized carbons (Fsp3) is 0.526. The Kier molecular flexibility index (Phi) is 5.49. The summed E-state index contributed by atoms with van der Waals surface area (Å²) < 4.78 is 0. The number of thiazole rings is 1. The normalized spacial score (nSPS) is 16.7. The Bertz CT molecular complexity index is 708. The van der Waals surface area contributed by atoms with Gasteiger partial charge in [0, 0.05) is 49.7 Å². The van der Waals surface area contributed by atoms with Crippen LogP contribution in [0.25, 0.3) is 0 Å². The number of hydrogen-bond acceptors (Lipinski definition) is 5. The first-order chi connectivity index (χ1) is 11.9. The second kappa shape index (κ2) is 7.62. The van der Waals surface area contributed by atoms with Gasteiger partial charge in [-0.2, -0.15) is 0 Å². The van der Waals surface area contributed by atoms with Gasteiger partial charge < -0.3 is 4.90 Å². The second-order valence-electron chi connectivity index (χ2n) is 7.53. The third-order valence-electron chi connectivity index (χ3n) is 4.34. The third-order valence-corrected chi connectivity index (χ3v) is 5.66. The molecule has 25 heavy (non-hydrogen) atoms. The van der Waals surface area contributed by atoms with Gasteiger partial charge >= 0.3 is 0 Å². The van der Waals surface area contributed by atoms with Gasteiger partial charge in [0.25, 0.3) is 5.91 Å². The van der Waals surface area contributed by atoms with E-state index in [-0.39, 0.29) is 11.3 Å². The van der Waals surface area contributed by atoms with Crippen LogP contribution in [0.15, 0.2) is 29.8 Å². The Balaban J connectivity index is 1.58. The van der Waals surface area contributed by atoms with Crippen molar-refractivity contribution < 1.29 is 4.79 Å². The number of carbonyl (C=O) groups excluding carboxylic acids is 1. The number of pyridine rings is 1. The highest BCUT2D eigenvalue weighted by Crippen LogP contribution is 2.26. The minimum atomic E-state index is 0.0335. The summed E-state index contributed by atoms with van der Waals surface area (Å²) in [6, 6.07) is 5.48. The van der Waals surface area contributed by atoms with Crippen molar-refractivity contribution in [3.8, 4) is 0 Å². The van der Waals surface area contributed by atoms with E-state index in [9.17, 15) is 4.79 Å². The highest BCUT2D eigenvalue weighted by molar-refractivity contribution is 7.09. The van der Waals surface area contributed by atoms with E-state index in [0.29, 0.717) is 5.69 Å². The van der Waals surface area contributed by atoms with Crippen molar-refractivity contribution in [3.63, 3.8) is 0 Å². The van der Waals surface area contributed by atoms with E-state index in [4.69, 9.17) is 4.98 Å². The fourth-order valence-corrected chi connectivity index (χ4v) is 3.83. The molecule has 0 saturated carbocycles. The summed E-state index contributed by atoms with van der Waals surface area (Å²) in [4.78, 5) is 25.9. The molecule has 0 N–H and O–H groups in total. The molecule has 1 saturated heterocycles. The first kappa shape index (κ1) is 18.0. The quantitative estimate of drug-likeness (QED) is 0.845. The highest BCUT2D eigenvalue weighted by Gasteiger charge is 2.22. The van der Waals surface area contributed by atoms with Crippen molar-refractivity contribution in [3.05, 3.63) is 46.2 Å². The third kappa shape index (κ3) is 4.64. The predicted octanol–water partition coefficient (Wildman–Crippen LogP) is 3.18. The largest absolute Gasteiger partial charge is 0.336 e. The van der Waals surface area contributed by atoms with E-state index in [1.807, 2.05) is 17.0 Å². The molecule has 3 rings (SSSR count). The number of carbonyl (C=O) groups is 1. The number of hydrogen-bond donors (Lipinski definition) is 0. The first-order valence-corrected chi connectivity index (χ1v) is 9.69. The van der Waals surface area contributed by atoms with Gasteiger partial charge in [0.05, 0.1) is 10.7 Å². The molecule has 2 aromatic rings. The van der Waals surface area contributed by atoms with Crippen LogP contribution in [-0.2, 0) is 12.0 Å². The summed E-state index contributed by atoms with van der Waals surface area (Å²) >= 11 is 1.74. The molecule has 0 unspecified atom stereocenters. The smallest absolute Gasteiger partial charge is 0.272 e. The molecular weight excluding hydrogens is 332 g/mol. The topological polar surface area (TPSA) is 49.3 Å². The Morgan fingerprint density at radius 1 is 1.20 bits per heavy atom. The zero-order chi connectivity index (χ0) is 17.9. The number of nitrogens with zero attached hydrogens (tertiary/aromatic N) is 4. The van der Waals surface area contributed by atoms with Gasteiger partial charge in [0.2, 0.25) is 0 Å². The SMILES string of the molecule is CC(C)(C)c1nc(CN2CCCN(C(=O)c3ccccn3)CC2)cs1. The van der Waals surface area contributed by atoms with E-state index < -0.39 is 0 Å². The van der Waals surface area contributed by atoms with Crippen molar-refractivity contribution in [2.75, 3.05) is 26.2 Å². The summed E-state index contributed by atoms with van der Waals surface area (Å²) in [6.07, 6.45) is 2.65. The van der Waals surface area contributed by atoms with Crippen molar-refractivity contribution in [2.45, 2.75) is 39.2 Å². The van der Waals surface area contributed by atoms with Gasteiger partial charge in [0.15, 0.2) is 0 Å². The molecule has 1 aliphatic heterocycles. The summed E-state index contributed by atoms with van der Waals surface area (Å²) in [5.74, 6) is 0.0335. The van der Waals surface area contributed by atoms with E-state index in [1.54, 1.807) is 23.6 Å². The summed E-state index contributed by atoms with van der Waals surface area (Å²) in [5.41, 5.74) is 1.78. The van der Waals surface area contributed by atoms with Crippen LogP contribution in [0.5, 0.6) is 0 Å². The molecular formula is C19H26N4OS. The van der Waals surface area contributed by atoms with Crippen LogP contribution in [0.4, 0.5) is 0 Å². The van der Waals surface area contributed by atoms with Gasteiger partial charge in [-0.15, -0.1) is 11.3 Å². The van der Waals surface area contributed by atoms with Crippen LogP contribution >= 0.6 is 11.3 Å². The van der Waals surface area contributed by atoms with Gasteiger partial charge in [0.1, 0.15) is 5.69 Å². The number of rotatable bonds is 3. The summed E-state index contributed by atoms with van der Waals surface area (Å²) in [6.45, 7) is 10.9. The molecule has 1 aliphatic rings. The molecule has 5 nitrogen and oxygen atoms in total. The molecule has 0 radical (unpaired) electrons. The monoisotopic (exact) mass is 358 g/mol. The molecule has 0 aromatic carbocycles. The highest BCUT2D eigenvalue weighted by atomic mass is 32.1. The second-order valence-corrected chi connectivity index (χ2v) is 8.39. The maximum atomic E-state index is 12.6. The van der Waals surface area contributed by atoms with Crippen LogP contribution in [0.2, 0.25) is 0 Å². The maximum Gasteiger partial charge on any atom is 0.272 e. The first-order valence-electron chi connectivity index (χ1n) is 8.81. The Morgan fingerprint density at radius 2 is 2.04 bits per heavy atom. The molecule has 0 aliphatic carbocycles. The summed E-state index contributed by atoms with van der Waals surface area (Å²) in [5, 5.41) is 3.35. The van der Waals surface area contributed by atoms with Gasteiger partial charge in [-0.05, 0) is 18.6 Å². The molecule has 2 aromatic heterocycles. The molecule has 3 heterocycles. The Labute approximate surface area is 153 Å². The van der Waals surface area contributed by atoms with E-state index in [2.05, 4.69) is 36.0 Å². The Morgan fingerprint density at radius 3 is 2.72 bits per heavy atom. The minimum absolute atomic E-state index is 0.0335. The standard InChI is InChI=1S/C19H26N4OS/c1-19(2,3)18-21-15(14-25-18)13-22-9-6-10-23(12-11-22)17(24)16-7-4-5-8-20-16/h4-5,7-8,14H,6,9-13H2,1-3H3. The van der Waals surface area contributed by atoms with Crippen LogP contribution in [0, 0.1) is 0 Å². The lowest BCUT2D eigenvalue weighted by Crippen LogP contribution is -2.35. The van der Waals surface area contributed by atoms with Crippen LogP contribution in [-0.4, -0.2) is 51.9 Å². The van der Waals surface area contributed by atoms with Crippen LogP contribution in [0.1, 0.15) is 48.4 Å². The predicted molar refractivity (Wildman–Crippen MR) is 101 cm³/mol. The van der Waals surface area contributed by atoms with Crippen molar-refractivity contribution in [1.82, 2.24) is 19.8 Å². The van der Waals surface area contributed by atoms with Crippen molar-refractivity contribution >= 4 is 17.2 Å². The molecule has 1 fully saturated rings. The zero-order valence-corrected chi connectivity index (χ0v) is 16.1. The van der Waals surface area contributed by atoms with E-state index in [0.717, 1.165) is 44.8 Å². The van der Waals surface area contributed by atoms with E-state index in [1.165, 1.54) is 5.01 Å². The van der Waals surface area contributed by atoms with Crippen molar-refractivity contribution in [1.29, 1.82) is 0 Å². The molecule has 6 heteroatoms.